The number of thiophene rings is 1. The molecule has 1 unspecified atom stereocenters. The van der Waals surface area contributed by atoms with Gasteiger partial charge in [0.25, 0.3) is 0 Å². The minimum atomic E-state index is -1.54. The Morgan fingerprint density at radius 2 is 2.06 bits per heavy atom. The van der Waals surface area contributed by atoms with Crippen molar-refractivity contribution in [1.82, 2.24) is 5.32 Å². The lowest BCUT2D eigenvalue weighted by Crippen LogP contribution is -2.29. The molecule has 0 fully saturated rings. The van der Waals surface area contributed by atoms with E-state index in [9.17, 15) is 13.8 Å². The summed E-state index contributed by atoms with van der Waals surface area (Å²) in [5.41, 5.74) is 0.260. The molecule has 1 aromatic rings. The second kappa shape index (κ2) is 7.23. The largest absolute Gasteiger partial charge is 0.356 e. The molecule has 18 heavy (non-hydrogen) atoms. The topological polar surface area (TPSA) is 63.2 Å². The SMILES string of the molecule is CCNC(=O)CS(=O)CC(=O)c1cc(Cl)sc1Cl. The third-order valence-corrected chi connectivity index (χ3v) is 4.57. The molecule has 1 atom stereocenters. The number of carbonyl (C=O) groups excluding carboxylic acids is 2. The van der Waals surface area contributed by atoms with Crippen LogP contribution >= 0.6 is 34.5 Å². The first-order valence-electron chi connectivity index (χ1n) is 5.03. The number of nitrogens with one attached hydrogen (secondary N) is 1. The summed E-state index contributed by atoms with van der Waals surface area (Å²) in [5.74, 6) is -1.12. The van der Waals surface area contributed by atoms with E-state index in [4.69, 9.17) is 23.2 Å². The van der Waals surface area contributed by atoms with Crippen LogP contribution in [-0.2, 0) is 15.6 Å². The molecule has 0 radical (unpaired) electrons. The van der Waals surface area contributed by atoms with Crippen LogP contribution in [0, 0.1) is 0 Å². The van der Waals surface area contributed by atoms with E-state index in [1.54, 1.807) is 6.92 Å². The van der Waals surface area contributed by atoms with E-state index < -0.39 is 10.8 Å². The fraction of sp³-hybridized carbons (Fsp3) is 0.400. The molecular weight excluding hydrogens is 317 g/mol. The molecule has 1 aromatic heterocycles. The van der Waals surface area contributed by atoms with Gasteiger partial charge in [-0.2, -0.15) is 0 Å². The molecule has 0 saturated carbocycles. The lowest BCUT2D eigenvalue weighted by molar-refractivity contribution is -0.118. The van der Waals surface area contributed by atoms with Crippen molar-refractivity contribution in [1.29, 1.82) is 0 Å². The normalized spacial score (nSPS) is 12.2. The maximum absolute atomic E-state index is 11.8. The number of carbonyl (C=O) groups is 2. The van der Waals surface area contributed by atoms with Crippen LogP contribution < -0.4 is 5.32 Å². The lowest BCUT2D eigenvalue weighted by Gasteiger charge is -2.02. The Labute approximate surface area is 121 Å². The highest BCUT2D eigenvalue weighted by Gasteiger charge is 2.18. The lowest BCUT2D eigenvalue weighted by atomic mass is 10.2. The van der Waals surface area contributed by atoms with Crippen LogP contribution in [0.1, 0.15) is 17.3 Å². The number of hydrogen-bond donors (Lipinski definition) is 1. The number of amides is 1. The molecule has 8 heteroatoms. The molecule has 0 saturated heterocycles. The fourth-order valence-corrected chi connectivity index (χ4v) is 3.64. The minimum Gasteiger partial charge on any atom is -0.356 e. The summed E-state index contributed by atoms with van der Waals surface area (Å²) in [6.07, 6.45) is 0. The molecule has 1 rings (SSSR count). The average molecular weight is 328 g/mol. The van der Waals surface area contributed by atoms with Crippen molar-refractivity contribution in [2.24, 2.45) is 0 Å². The van der Waals surface area contributed by atoms with Gasteiger partial charge in [-0.25, -0.2) is 0 Å². The Bertz CT molecular complexity index is 487. The molecule has 4 nitrogen and oxygen atoms in total. The highest BCUT2D eigenvalue weighted by molar-refractivity contribution is 7.86. The van der Waals surface area contributed by atoms with E-state index in [2.05, 4.69) is 5.32 Å². The number of rotatable bonds is 6. The molecule has 1 heterocycles. The molecule has 0 spiro atoms. The van der Waals surface area contributed by atoms with Crippen LogP contribution in [-0.4, -0.2) is 33.9 Å². The van der Waals surface area contributed by atoms with E-state index in [-0.39, 0.29) is 33.1 Å². The van der Waals surface area contributed by atoms with Gasteiger partial charge in [-0.1, -0.05) is 23.2 Å². The van der Waals surface area contributed by atoms with Crippen molar-refractivity contribution >= 4 is 57.0 Å². The van der Waals surface area contributed by atoms with Gasteiger partial charge >= 0.3 is 0 Å². The second-order valence-corrected chi connectivity index (χ2v) is 7.09. The molecule has 0 aliphatic carbocycles. The van der Waals surface area contributed by atoms with Gasteiger partial charge in [0.2, 0.25) is 5.91 Å². The van der Waals surface area contributed by atoms with Crippen LogP contribution in [0.15, 0.2) is 6.07 Å². The van der Waals surface area contributed by atoms with Crippen molar-refractivity contribution < 1.29 is 13.8 Å². The van der Waals surface area contributed by atoms with Gasteiger partial charge in [-0.3, -0.25) is 13.8 Å². The van der Waals surface area contributed by atoms with E-state index >= 15 is 0 Å². The highest BCUT2D eigenvalue weighted by atomic mass is 35.5. The Hall–Kier alpha value is -0.430. The summed E-state index contributed by atoms with van der Waals surface area (Å²) in [6.45, 7) is 2.23. The van der Waals surface area contributed by atoms with Crippen LogP contribution in [0.4, 0.5) is 0 Å². The number of Topliss-reactive ketones (excluding diaryl/α,β-unsaturated/α-hetero) is 1. The van der Waals surface area contributed by atoms with Gasteiger partial charge in [0, 0.05) is 22.9 Å². The van der Waals surface area contributed by atoms with Crippen molar-refractivity contribution in [2.75, 3.05) is 18.1 Å². The smallest absolute Gasteiger partial charge is 0.232 e. The molecule has 1 amide bonds. The molecular formula is C10H11Cl2NO3S2. The summed E-state index contributed by atoms with van der Waals surface area (Å²) in [7, 11) is -1.54. The van der Waals surface area contributed by atoms with Crippen molar-refractivity contribution in [3.05, 3.63) is 20.3 Å². The number of ketones is 1. The first-order valence-corrected chi connectivity index (χ1v) is 8.09. The maximum Gasteiger partial charge on any atom is 0.232 e. The quantitative estimate of drug-likeness (QED) is 0.814. The molecule has 0 aliphatic heterocycles. The van der Waals surface area contributed by atoms with E-state index in [0.29, 0.717) is 10.9 Å². The van der Waals surface area contributed by atoms with Crippen molar-refractivity contribution in [3.8, 4) is 0 Å². The zero-order chi connectivity index (χ0) is 13.7. The first kappa shape index (κ1) is 15.6. The molecule has 100 valence electrons. The molecule has 0 aromatic carbocycles. The Balaban J connectivity index is 2.57. The predicted octanol–water partition coefficient (Wildman–Crippen LogP) is 2.12. The van der Waals surface area contributed by atoms with E-state index in [1.807, 2.05) is 0 Å². The third kappa shape index (κ3) is 4.68. The fourth-order valence-electron chi connectivity index (χ4n) is 1.20. The third-order valence-electron chi connectivity index (χ3n) is 1.92. The van der Waals surface area contributed by atoms with Gasteiger partial charge in [0.1, 0.15) is 10.1 Å². The zero-order valence-electron chi connectivity index (χ0n) is 9.50. The monoisotopic (exact) mass is 327 g/mol. The molecule has 0 bridgehead atoms. The van der Waals surface area contributed by atoms with Crippen LogP contribution in [0.25, 0.3) is 0 Å². The van der Waals surface area contributed by atoms with Crippen LogP contribution in [0.3, 0.4) is 0 Å². The Kier molecular flexibility index (Phi) is 6.28. The van der Waals surface area contributed by atoms with Gasteiger partial charge < -0.3 is 5.32 Å². The molecule has 0 aliphatic rings. The first-order chi connectivity index (χ1) is 8.43. The maximum atomic E-state index is 11.8. The summed E-state index contributed by atoms with van der Waals surface area (Å²) in [6, 6.07) is 1.44. The van der Waals surface area contributed by atoms with Crippen LogP contribution in [0.2, 0.25) is 8.67 Å². The van der Waals surface area contributed by atoms with Crippen molar-refractivity contribution in [2.45, 2.75) is 6.92 Å². The second-order valence-electron chi connectivity index (χ2n) is 3.34. The van der Waals surface area contributed by atoms with Crippen LogP contribution in [0.5, 0.6) is 0 Å². The Morgan fingerprint density at radius 1 is 1.39 bits per heavy atom. The standard InChI is InChI=1S/C10H11Cl2NO3S2/c1-2-13-9(15)5-18(16)4-7(14)6-3-8(11)17-10(6)12/h3H,2,4-5H2,1H3,(H,13,15). The number of hydrogen-bond acceptors (Lipinski definition) is 4. The Morgan fingerprint density at radius 3 is 2.56 bits per heavy atom. The van der Waals surface area contributed by atoms with E-state index in [0.717, 1.165) is 11.3 Å². The van der Waals surface area contributed by atoms with Gasteiger partial charge in [-0.15, -0.1) is 11.3 Å². The number of halogens is 2. The minimum absolute atomic E-state index is 0.185. The summed E-state index contributed by atoms with van der Waals surface area (Å²) >= 11 is 12.6. The zero-order valence-corrected chi connectivity index (χ0v) is 12.6. The summed E-state index contributed by atoms with van der Waals surface area (Å²) in [4.78, 5) is 22.9. The summed E-state index contributed by atoms with van der Waals surface area (Å²) < 4.78 is 12.3. The predicted molar refractivity (Wildman–Crippen MR) is 75.2 cm³/mol. The van der Waals surface area contributed by atoms with E-state index in [1.165, 1.54) is 6.07 Å². The average Bonchev–Trinajstić information content (AvgIpc) is 2.57. The van der Waals surface area contributed by atoms with Gasteiger partial charge in [-0.05, 0) is 13.0 Å². The molecule has 1 N–H and O–H groups in total. The highest BCUT2D eigenvalue weighted by Crippen LogP contribution is 2.31. The van der Waals surface area contributed by atoms with Crippen molar-refractivity contribution in [3.63, 3.8) is 0 Å². The summed E-state index contributed by atoms with van der Waals surface area (Å²) in [5, 5.41) is 2.52. The van der Waals surface area contributed by atoms with Gasteiger partial charge in [0.05, 0.1) is 10.1 Å². The van der Waals surface area contributed by atoms with Gasteiger partial charge in [0.15, 0.2) is 5.78 Å².